The lowest BCUT2D eigenvalue weighted by atomic mass is 10.2. The first-order chi connectivity index (χ1) is 17.3. The van der Waals surface area contributed by atoms with Gasteiger partial charge in [0.25, 0.3) is 0 Å². The number of nitrogens with zero attached hydrogens (tertiary/aromatic N) is 5. The number of hydrogen-bond acceptors (Lipinski definition) is 8. The SMILES string of the molecule is CN(C)CCNC(=O)Nc1ccc(Nc2nc(Nc3ccc(C(N)=O)cc3)c3cnn(C)c3n2)cc1. The number of benzene rings is 2. The smallest absolute Gasteiger partial charge is 0.319 e. The zero-order chi connectivity index (χ0) is 25.7. The average molecular weight is 489 g/mol. The number of urea groups is 1. The average Bonchev–Trinajstić information content (AvgIpc) is 3.21. The van der Waals surface area contributed by atoms with Gasteiger partial charge in [0.15, 0.2) is 5.65 Å². The van der Waals surface area contributed by atoms with E-state index in [0.29, 0.717) is 35.2 Å². The quantitative estimate of drug-likeness (QED) is 0.241. The number of carbonyl (C=O) groups excluding carboxylic acids is 2. The second kappa shape index (κ2) is 10.7. The van der Waals surface area contributed by atoms with Crippen molar-refractivity contribution in [2.45, 2.75) is 0 Å². The number of nitrogens with two attached hydrogens (primary N) is 1. The summed E-state index contributed by atoms with van der Waals surface area (Å²) in [5.74, 6) is 0.426. The van der Waals surface area contributed by atoms with Gasteiger partial charge in [-0.3, -0.25) is 9.48 Å². The summed E-state index contributed by atoms with van der Waals surface area (Å²) in [7, 11) is 5.69. The van der Waals surface area contributed by atoms with Crippen molar-refractivity contribution < 1.29 is 9.59 Å². The van der Waals surface area contributed by atoms with E-state index in [9.17, 15) is 9.59 Å². The van der Waals surface area contributed by atoms with Gasteiger partial charge in [-0.25, -0.2) is 4.79 Å². The van der Waals surface area contributed by atoms with Gasteiger partial charge in [0, 0.05) is 42.8 Å². The van der Waals surface area contributed by atoms with Gasteiger partial charge in [0.1, 0.15) is 5.82 Å². The van der Waals surface area contributed by atoms with Gasteiger partial charge in [-0.15, -0.1) is 0 Å². The third-order valence-electron chi connectivity index (χ3n) is 5.27. The van der Waals surface area contributed by atoms with Crippen molar-refractivity contribution in [2.24, 2.45) is 12.8 Å². The summed E-state index contributed by atoms with van der Waals surface area (Å²) in [5, 5.41) is 17.1. The van der Waals surface area contributed by atoms with E-state index < -0.39 is 5.91 Å². The Morgan fingerprint density at radius 1 is 0.944 bits per heavy atom. The lowest BCUT2D eigenvalue weighted by Crippen LogP contribution is -2.34. The molecule has 2 aromatic heterocycles. The lowest BCUT2D eigenvalue weighted by Gasteiger charge is -2.12. The normalized spacial score (nSPS) is 10.9. The molecule has 0 aliphatic rings. The molecule has 3 amide bonds. The van der Waals surface area contributed by atoms with Crippen LogP contribution in [0.15, 0.2) is 54.7 Å². The maximum Gasteiger partial charge on any atom is 0.319 e. The molecular formula is C24H28N10O2. The molecule has 12 heteroatoms. The van der Waals surface area contributed by atoms with Gasteiger partial charge >= 0.3 is 6.03 Å². The second-order valence-corrected chi connectivity index (χ2v) is 8.35. The van der Waals surface area contributed by atoms with Crippen LogP contribution < -0.4 is 27.0 Å². The highest BCUT2D eigenvalue weighted by Gasteiger charge is 2.13. The van der Waals surface area contributed by atoms with Crippen LogP contribution in [0.4, 0.5) is 33.6 Å². The van der Waals surface area contributed by atoms with Crippen molar-refractivity contribution in [1.82, 2.24) is 30.0 Å². The largest absolute Gasteiger partial charge is 0.366 e. The number of fused-ring (bicyclic) bond motifs is 1. The fourth-order valence-corrected chi connectivity index (χ4v) is 3.36. The molecule has 4 aromatic rings. The van der Waals surface area contributed by atoms with E-state index >= 15 is 0 Å². The van der Waals surface area contributed by atoms with Crippen molar-refractivity contribution in [3.8, 4) is 0 Å². The van der Waals surface area contributed by atoms with E-state index in [1.165, 1.54) is 0 Å². The Balaban J connectivity index is 1.48. The standard InChI is InChI=1S/C24H28N10O2/c1-33(2)13-12-26-24(36)30-18-10-8-17(9-11-18)29-23-31-21(19-14-27-34(3)22(19)32-23)28-16-6-4-15(5-7-16)20(25)35/h4-11,14H,12-13H2,1-3H3,(H2,25,35)(H2,26,30,36)(H2,28,29,31,32). The summed E-state index contributed by atoms with van der Waals surface area (Å²) >= 11 is 0. The maximum absolute atomic E-state index is 12.0. The minimum atomic E-state index is -0.490. The third kappa shape index (κ3) is 6.04. The topological polar surface area (TPSA) is 155 Å². The van der Waals surface area contributed by atoms with Crippen LogP contribution in [0.2, 0.25) is 0 Å². The van der Waals surface area contributed by atoms with Crippen LogP contribution in [0.1, 0.15) is 10.4 Å². The molecule has 186 valence electrons. The van der Waals surface area contributed by atoms with Crippen molar-refractivity contribution in [3.63, 3.8) is 0 Å². The first-order valence-corrected chi connectivity index (χ1v) is 11.2. The first-order valence-electron chi connectivity index (χ1n) is 11.2. The van der Waals surface area contributed by atoms with E-state index in [1.54, 1.807) is 54.3 Å². The van der Waals surface area contributed by atoms with Crippen molar-refractivity contribution >= 4 is 51.8 Å². The fourth-order valence-electron chi connectivity index (χ4n) is 3.36. The third-order valence-corrected chi connectivity index (χ3v) is 5.27. The Labute approximate surface area is 207 Å². The fraction of sp³-hybridized carbons (Fsp3) is 0.208. The number of anilines is 5. The number of carbonyl (C=O) groups is 2. The van der Waals surface area contributed by atoms with Gasteiger partial charge in [0.05, 0.1) is 11.6 Å². The molecule has 0 aliphatic heterocycles. The predicted molar refractivity (Wildman–Crippen MR) is 140 cm³/mol. The van der Waals surface area contributed by atoms with Crippen molar-refractivity contribution in [1.29, 1.82) is 0 Å². The molecule has 0 saturated carbocycles. The number of primary amides is 1. The van der Waals surface area contributed by atoms with Gasteiger partial charge in [-0.05, 0) is 62.6 Å². The van der Waals surface area contributed by atoms with Crippen LogP contribution in [-0.4, -0.2) is 63.8 Å². The minimum absolute atomic E-state index is 0.262. The Hall–Kier alpha value is -4.71. The summed E-state index contributed by atoms with van der Waals surface area (Å²) in [6.45, 7) is 1.31. The molecule has 4 rings (SSSR count). The highest BCUT2D eigenvalue weighted by atomic mass is 16.2. The van der Waals surface area contributed by atoms with Crippen LogP contribution in [0, 0.1) is 0 Å². The Morgan fingerprint density at radius 2 is 1.58 bits per heavy atom. The molecule has 6 N–H and O–H groups in total. The minimum Gasteiger partial charge on any atom is -0.366 e. The molecule has 2 aromatic carbocycles. The zero-order valence-electron chi connectivity index (χ0n) is 20.2. The molecule has 0 radical (unpaired) electrons. The number of likely N-dealkylation sites (N-methyl/N-ethyl adjacent to an activating group) is 1. The number of aromatic nitrogens is 4. The summed E-state index contributed by atoms with van der Waals surface area (Å²) in [4.78, 5) is 34.6. The molecule has 0 saturated heterocycles. The summed E-state index contributed by atoms with van der Waals surface area (Å²) in [6.07, 6.45) is 1.68. The van der Waals surface area contributed by atoms with E-state index in [2.05, 4.69) is 36.3 Å². The number of rotatable bonds is 9. The lowest BCUT2D eigenvalue weighted by molar-refractivity contribution is 0.100. The molecule has 12 nitrogen and oxygen atoms in total. The van der Waals surface area contributed by atoms with Gasteiger partial charge < -0.3 is 31.9 Å². The van der Waals surface area contributed by atoms with Gasteiger partial charge in [-0.1, -0.05) is 0 Å². The molecule has 2 heterocycles. The van der Waals surface area contributed by atoms with E-state index in [-0.39, 0.29) is 6.03 Å². The molecule has 0 bridgehead atoms. The number of aryl methyl sites for hydroxylation is 1. The van der Waals surface area contributed by atoms with Gasteiger partial charge in [-0.2, -0.15) is 15.1 Å². The molecule has 0 fully saturated rings. The van der Waals surface area contributed by atoms with Crippen LogP contribution in [0.25, 0.3) is 11.0 Å². The number of amides is 3. The Morgan fingerprint density at radius 3 is 2.25 bits per heavy atom. The Kier molecular flexibility index (Phi) is 7.25. The Bertz CT molecular complexity index is 1360. The van der Waals surface area contributed by atoms with E-state index in [1.807, 2.05) is 31.1 Å². The first kappa shape index (κ1) is 24.4. The molecule has 0 atom stereocenters. The van der Waals surface area contributed by atoms with E-state index in [0.717, 1.165) is 23.3 Å². The summed E-state index contributed by atoms with van der Waals surface area (Å²) < 4.78 is 1.66. The predicted octanol–water partition coefficient (Wildman–Crippen LogP) is 2.63. The molecule has 0 spiro atoms. The highest BCUT2D eigenvalue weighted by molar-refractivity contribution is 5.94. The highest BCUT2D eigenvalue weighted by Crippen LogP contribution is 2.26. The van der Waals surface area contributed by atoms with Crippen LogP contribution >= 0.6 is 0 Å². The van der Waals surface area contributed by atoms with Gasteiger partial charge in [0.2, 0.25) is 11.9 Å². The summed E-state index contributed by atoms with van der Waals surface area (Å²) in [5.41, 5.74) is 8.51. The molecule has 36 heavy (non-hydrogen) atoms. The molecule has 0 aliphatic carbocycles. The summed E-state index contributed by atoms with van der Waals surface area (Å²) in [6, 6.07) is 13.7. The van der Waals surface area contributed by atoms with E-state index in [4.69, 9.17) is 5.73 Å². The number of hydrogen-bond donors (Lipinski definition) is 5. The van der Waals surface area contributed by atoms with Crippen LogP contribution in [-0.2, 0) is 7.05 Å². The monoisotopic (exact) mass is 488 g/mol. The number of nitrogens with one attached hydrogen (secondary N) is 4. The molecular weight excluding hydrogens is 460 g/mol. The van der Waals surface area contributed by atoms with Crippen molar-refractivity contribution in [2.75, 3.05) is 43.1 Å². The van der Waals surface area contributed by atoms with Crippen molar-refractivity contribution in [3.05, 3.63) is 60.3 Å². The van der Waals surface area contributed by atoms with Crippen LogP contribution in [0.3, 0.4) is 0 Å². The zero-order valence-corrected chi connectivity index (χ0v) is 20.2. The maximum atomic E-state index is 12.0. The molecule has 0 unspecified atom stereocenters. The van der Waals surface area contributed by atoms with Crippen LogP contribution in [0.5, 0.6) is 0 Å². The second-order valence-electron chi connectivity index (χ2n) is 8.35.